The number of aryl methyl sites for hydroxylation is 1. The van der Waals surface area contributed by atoms with Gasteiger partial charge >= 0.3 is 0 Å². The third-order valence-electron chi connectivity index (χ3n) is 3.42. The molecule has 0 spiro atoms. The maximum atomic E-state index is 5.34. The molecule has 3 heteroatoms. The smallest absolute Gasteiger partial charge is 0.166 e. The van der Waals surface area contributed by atoms with Crippen LogP contribution in [0.1, 0.15) is 30.5 Å². The number of benzene rings is 2. The van der Waals surface area contributed by atoms with Crippen molar-refractivity contribution in [2.45, 2.75) is 25.8 Å². The standard InChI is InChI=1S/C18H22N2S/c1-15(17-12-6-3-7-13-17)20-18(21)19-14-8-11-16-9-4-2-5-10-16/h2-7,9-10,12-13,15H,8,11,14H2,1H3,(H2,19,20,21)/t15-/m0/s1. The van der Waals surface area contributed by atoms with E-state index >= 15 is 0 Å². The van der Waals surface area contributed by atoms with Gasteiger partial charge in [-0.15, -0.1) is 0 Å². The van der Waals surface area contributed by atoms with E-state index in [4.69, 9.17) is 12.2 Å². The lowest BCUT2D eigenvalue weighted by Crippen LogP contribution is -2.37. The van der Waals surface area contributed by atoms with Gasteiger partial charge in [0.2, 0.25) is 0 Å². The quantitative estimate of drug-likeness (QED) is 0.626. The van der Waals surface area contributed by atoms with Gasteiger partial charge in [-0.3, -0.25) is 0 Å². The first kappa shape index (κ1) is 15.5. The maximum absolute atomic E-state index is 5.34. The molecular formula is C18H22N2S. The molecule has 0 bridgehead atoms. The van der Waals surface area contributed by atoms with Crippen LogP contribution in [0.4, 0.5) is 0 Å². The average molecular weight is 298 g/mol. The predicted molar refractivity (Wildman–Crippen MR) is 93.4 cm³/mol. The van der Waals surface area contributed by atoms with Crippen LogP contribution in [0.15, 0.2) is 60.7 Å². The first-order valence-corrected chi connectivity index (χ1v) is 7.80. The van der Waals surface area contributed by atoms with Crippen molar-refractivity contribution in [3.8, 4) is 0 Å². The molecule has 0 unspecified atom stereocenters. The Hall–Kier alpha value is -1.87. The number of rotatable bonds is 6. The highest BCUT2D eigenvalue weighted by molar-refractivity contribution is 7.80. The summed E-state index contributed by atoms with van der Waals surface area (Å²) in [5.74, 6) is 0. The third-order valence-corrected chi connectivity index (χ3v) is 3.68. The molecule has 1 atom stereocenters. The number of thiocarbonyl (C=S) groups is 1. The van der Waals surface area contributed by atoms with Crippen LogP contribution >= 0.6 is 12.2 Å². The van der Waals surface area contributed by atoms with Gasteiger partial charge in [0, 0.05) is 6.54 Å². The Morgan fingerprint density at radius 1 is 1.00 bits per heavy atom. The van der Waals surface area contributed by atoms with Gasteiger partial charge in [-0.2, -0.15) is 0 Å². The fourth-order valence-electron chi connectivity index (χ4n) is 2.21. The van der Waals surface area contributed by atoms with Crippen molar-refractivity contribution in [1.82, 2.24) is 10.6 Å². The Morgan fingerprint density at radius 2 is 1.62 bits per heavy atom. The van der Waals surface area contributed by atoms with E-state index in [1.807, 2.05) is 24.3 Å². The molecule has 0 radical (unpaired) electrons. The highest BCUT2D eigenvalue weighted by Crippen LogP contribution is 2.10. The second kappa shape index (κ2) is 8.42. The Morgan fingerprint density at radius 3 is 2.29 bits per heavy atom. The van der Waals surface area contributed by atoms with E-state index < -0.39 is 0 Å². The molecule has 0 fully saturated rings. The fraction of sp³-hybridized carbons (Fsp3) is 0.278. The summed E-state index contributed by atoms with van der Waals surface area (Å²) in [7, 11) is 0. The van der Waals surface area contributed by atoms with E-state index in [-0.39, 0.29) is 6.04 Å². The van der Waals surface area contributed by atoms with Crippen molar-refractivity contribution in [2.24, 2.45) is 0 Å². The summed E-state index contributed by atoms with van der Waals surface area (Å²) in [5.41, 5.74) is 2.61. The van der Waals surface area contributed by atoms with Crippen molar-refractivity contribution in [2.75, 3.05) is 6.54 Å². The van der Waals surface area contributed by atoms with Gasteiger partial charge in [-0.25, -0.2) is 0 Å². The van der Waals surface area contributed by atoms with Crippen LogP contribution in [0, 0.1) is 0 Å². The zero-order chi connectivity index (χ0) is 14.9. The third kappa shape index (κ3) is 5.56. The maximum Gasteiger partial charge on any atom is 0.166 e. The molecule has 2 rings (SSSR count). The largest absolute Gasteiger partial charge is 0.363 e. The van der Waals surface area contributed by atoms with Crippen molar-refractivity contribution in [1.29, 1.82) is 0 Å². The highest BCUT2D eigenvalue weighted by atomic mass is 32.1. The number of hydrogen-bond acceptors (Lipinski definition) is 1. The summed E-state index contributed by atoms with van der Waals surface area (Å²) in [4.78, 5) is 0. The predicted octanol–water partition coefficient (Wildman–Crippen LogP) is 3.84. The van der Waals surface area contributed by atoms with Crippen LogP contribution < -0.4 is 10.6 Å². The lowest BCUT2D eigenvalue weighted by molar-refractivity contribution is 0.686. The molecule has 0 aliphatic heterocycles. The van der Waals surface area contributed by atoms with Crippen molar-refractivity contribution in [3.63, 3.8) is 0 Å². The van der Waals surface area contributed by atoms with Gasteiger partial charge in [0.1, 0.15) is 0 Å². The van der Waals surface area contributed by atoms with Crippen LogP contribution in [0.3, 0.4) is 0 Å². The SMILES string of the molecule is C[C@H](NC(=S)NCCCc1ccccc1)c1ccccc1. The summed E-state index contributed by atoms with van der Waals surface area (Å²) < 4.78 is 0. The van der Waals surface area contributed by atoms with Crippen molar-refractivity contribution in [3.05, 3.63) is 71.8 Å². The highest BCUT2D eigenvalue weighted by Gasteiger charge is 2.05. The van der Waals surface area contributed by atoms with Crippen molar-refractivity contribution < 1.29 is 0 Å². The fourth-order valence-corrected chi connectivity index (χ4v) is 2.49. The van der Waals surface area contributed by atoms with Crippen LogP contribution in [-0.4, -0.2) is 11.7 Å². The van der Waals surface area contributed by atoms with E-state index in [9.17, 15) is 0 Å². The van der Waals surface area contributed by atoms with E-state index in [0.29, 0.717) is 0 Å². The van der Waals surface area contributed by atoms with Crippen molar-refractivity contribution >= 4 is 17.3 Å². The molecule has 0 amide bonds. The Labute approximate surface area is 132 Å². The molecule has 0 aliphatic rings. The summed E-state index contributed by atoms with van der Waals surface area (Å²) in [6.45, 7) is 3.01. The van der Waals surface area contributed by atoms with Gasteiger partial charge in [-0.1, -0.05) is 60.7 Å². The molecule has 0 aromatic heterocycles. The summed E-state index contributed by atoms with van der Waals surface area (Å²) in [6.07, 6.45) is 2.15. The van der Waals surface area contributed by atoms with Gasteiger partial charge in [0.05, 0.1) is 6.04 Å². The molecule has 2 aromatic rings. The summed E-state index contributed by atoms with van der Waals surface area (Å²) >= 11 is 5.34. The first-order valence-electron chi connectivity index (χ1n) is 7.39. The minimum Gasteiger partial charge on any atom is -0.363 e. The molecule has 0 saturated carbocycles. The molecule has 0 heterocycles. The van der Waals surface area contributed by atoms with Gasteiger partial charge in [0.15, 0.2) is 5.11 Å². The molecule has 2 aromatic carbocycles. The lowest BCUT2D eigenvalue weighted by atomic mass is 10.1. The molecule has 21 heavy (non-hydrogen) atoms. The summed E-state index contributed by atoms with van der Waals surface area (Å²) in [5, 5.41) is 7.31. The molecule has 2 nitrogen and oxygen atoms in total. The molecular weight excluding hydrogens is 276 g/mol. The Kier molecular flexibility index (Phi) is 6.22. The molecule has 2 N–H and O–H groups in total. The molecule has 0 saturated heterocycles. The minimum atomic E-state index is 0.223. The Bertz CT molecular complexity index is 540. The van der Waals surface area contributed by atoms with Gasteiger partial charge < -0.3 is 10.6 Å². The molecule has 110 valence electrons. The first-order chi connectivity index (χ1) is 10.3. The van der Waals surface area contributed by atoms with Gasteiger partial charge in [-0.05, 0) is 43.1 Å². The number of nitrogens with one attached hydrogen (secondary N) is 2. The zero-order valence-electron chi connectivity index (χ0n) is 12.4. The normalized spacial score (nSPS) is 11.7. The summed E-state index contributed by atoms with van der Waals surface area (Å²) in [6, 6.07) is 21.1. The second-order valence-electron chi connectivity index (χ2n) is 5.12. The van der Waals surface area contributed by atoms with E-state index in [1.54, 1.807) is 0 Å². The van der Waals surface area contributed by atoms with Crippen LogP contribution in [0.2, 0.25) is 0 Å². The Balaban J connectivity index is 1.66. The lowest BCUT2D eigenvalue weighted by Gasteiger charge is -2.17. The average Bonchev–Trinajstić information content (AvgIpc) is 2.53. The van der Waals surface area contributed by atoms with E-state index in [2.05, 4.69) is 54.0 Å². The van der Waals surface area contributed by atoms with Crippen LogP contribution in [-0.2, 0) is 6.42 Å². The topological polar surface area (TPSA) is 24.1 Å². The minimum absolute atomic E-state index is 0.223. The van der Waals surface area contributed by atoms with Crippen LogP contribution in [0.5, 0.6) is 0 Å². The second-order valence-corrected chi connectivity index (χ2v) is 5.53. The zero-order valence-corrected chi connectivity index (χ0v) is 13.2. The van der Waals surface area contributed by atoms with E-state index in [1.165, 1.54) is 11.1 Å². The molecule has 0 aliphatic carbocycles. The number of hydrogen-bond donors (Lipinski definition) is 2. The monoisotopic (exact) mass is 298 g/mol. The van der Waals surface area contributed by atoms with Gasteiger partial charge in [0.25, 0.3) is 0 Å². The van der Waals surface area contributed by atoms with Crippen LogP contribution in [0.25, 0.3) is 0 Å². The van der Waals surface area contributed by atoms with E-state index in [0.717, 1.165) is 24.5 Å².